The third-order valence-electron chi connectivity index (χ3n) is 3.67. The minimum absolute atomic E-state index is 0.176. The van der Waals surface area contributed by atoms with Gasteiger partial charge < -0.3 is 0 Å². The van der Waals surface area contributed by atoms with Crippen LogP contribution in [0.5, 0.6) is 0 Å². The number of aryl methyl sites for hydroxylation is 1. The topological polar surface area (TPSA) is 30.0 Å². The van der Waals surface area contributed by atoms with Crippen LogP contribution in [-0.2, 0) is 0 Å². The van der Waals surface area contributed by atoms with Gasteiger partial charge in [-0.05, 0) is 42.3 Å². The van der Waals surface area contributed by atoms with Crippen LogP contribution in [0.3, 0.4) is 0 Å². The molecule has 2 nitrogen and oxygen atoms in total. The molecule has 2 heteroatoms. The highest BCUT2D eigenvalue weighted by Gasteiger charge is 2.06. The van der Waals surface area contributed by atoms with Crippen molar-refractivity contribution in [2.75, 3.05) is 0 Å². The van der Waals surface area contributed by atoms with E-state index in [0.717, 1.165) is 33.3 Å². The number of carbonyl (C=O) groups is 1. The zero-order valence-electron chi connectivity index (χ0n) is 12.3. The molecule has 0 bridgehead atoms. The van der Waals surface area contributed by atoms with E-state index < -0.39 is 0 Å². The minimum atomic E-state index is 0.176. The molecular formula is C19H17NO. The molecule has 1 aromatic heterocycles. The Hall–Kier alpha value is -2.48. The monoisotopic (exact) mass is 275 g/mol. The van der Waals surface area contributed by atoms with Crippen molar-refractivity contribution in [1.82, 2.24) is 4.98 Å². The summed E-state index contributed by atoms with van der Waals surface area (Å²) in [6, 6.07) is 18.1. The van der Waals surface area contributed by atoms with Gasteiger partial charge in [0, 0.05) is 23.1 Å². The summed E-state index contributed by atoms with van der Waals surface area (Å²) in [6.07, 6.45) is 0.532. The van der Waals surface area contributed by atoms with Crippen LogP contribution in [0.15, 0.2) is 54.6 Å². The molecule has 3 rings (SSSR count). The number of hydrogen-bond donors (Lipinski definition) is 0. The van der Waals surface area contributed by atoms with Crippen molar-refractivity contribution in [3.05, 3.63) is 65.9 Å². The second-order valence-corrected chi connectivity index (χ2v) is 5.22. The van der Waals surface area contributed by atoms with Gasteiger partial charge in [-0.15, -0.1) is 0 Å². The number of benzene rings is 2. The fourth-order valence-electron chi connectivity index (χ4n) is 2.48. The molecule has 0 amide bonds. The number of ketones is 1. The molecule has 0 radical (unpaired) electrons. The Bertz CT molecular complexity index is 821. The summed E-state index contributed by atoms with van der Waals surface area (Å²) in [5.74, 6) is 0.176. The van der Waals surface area contributed by atoms with E-state index in [0.29, 0.717) is 6.42 Å². The molecule has 0 aliphatic carbocycles. The maximum Gasteiger partial charge on any atom is 0.162 e. The van der Waals surface area contributed by atoms with Crippen molar-refractivity contribution in [3.8, 4) is 11.1 Å². The number of fused-ring (bicyclic) bond motifs is 1. The third kappa shape index (κ3) is 2.70. The summed E-state index contributed by atoms with van der Waals surface area (Å²) in [7, 11) is 0. The lowest BCUT2D eigenvalue weighted by molar-refractivity contribution is 0.0988. The smallest absolute Gasteiger partial charge is 0.162 e. The number of carbonyl (C=O) groups excluding carboxylic acids is 1. The lowest BCUT2D eigenvalue weighted by Crippen LogP contribution is -1.96. The predicted octanol–water partition coefficient (Wildman–Crippen LogP) is 4.80. The molecule has 0 saturated carbocycles. The molecule has 0 aliphatic heterocycles. The SMILES string of the molecule is CCC(=O)c1cccc(-c2ccc3nc(C)ccc3c2)c1. The van der Waals surface area contributed by atoms with Crippen molar-refractivity contribution in [1.29, 1.82) is 0 Å². The highest BCUT2D eigenvalue weighted by molar-refractivity contribution is 5.97. The second-order valence-electron chi connectivity index (χ2n) is 5.22. The lowest BCUT2D eigenvalue weighted by Gasteiger charge is -2.06. The summed E-state index contributed by atoms with van der Waals surface area (Å²) in [5.41, 5.74) is 4.97. The average Bonchev–Trinajstić information content (AvgIpc) is 2.53. The minimum Gasteiger partial charge on any atom is -0.294 e. The Morgan fingerprint density at radius 3 is 2.62 bits per heavy atom. The molecule has 21 heavy (non-hydrogen) atoms. The first-order valence-electron chi connectivity index (χ1n) is 7.18. The number of aromatic nitrogens is 1. The first-order chi connectivity index (χ1) is 10.2. The molecule has 0 unspecified atom stereocenters. The fourth-order valence-corrected chi connectivity index (χ4v) is 2.48. The standard InChI is InChI=1S/C19H17NO/c1-3-19(21)17-6-4-5-14(12-17)15-9-10-18-16(11-15)8-7-13(2)20-18/h4-12H,3H2,1-2H3. The molecular weight excluding hydrogens is 258 g/mol. The summed E-state index contributed by atoms with van der Waals surface area (Å²) < 4.78 is 0. The predicted molar refractivity (Wildman–Crippen MR) is 86.5 cm³/mol. The van der Waals surface area contributed by atoms with Crippen LogP contribution in [0.25, 0.3) is 22.0 Å². The van der Waals surface area contributed by atoms with E-state index in [4.69, 9.17) is 0 Å². The van der Waals surface area contributed by atoms with E-state index in [-0.39, 0.29) is 5.78 Å². The zero-order valence-corrected chi connectivity index (χ0v) is 12.3. The Kier molecular flexibility index (Phi) is 3.53. The molecule has 0 spiro atoms. The van der Waals surface area contributed by atoms with Gasteiger partial charge in [0.1, 0.15) is 0 Å². The number of nitrogens with zero attached hydrogens (tertiary/aromatic N) is 1. The molecule has 1 heterocycles. The summed E-state index contributed by atoms with van der Waals surface area (Å²) in [5, 5.41) is 1.12. The summed E-state index contributed by atoms with van der Waals surface area (Å²) in [4.78, 5) is 16.4. The molecule has 3 aromatic rings. The normalized spacial score (nSPS) is 10.8. The third-order valence-corrected chi connectivity index (χ3v) is 3.67. The van der Waals surface area contributed by atoms with E-state index in [1.54, 1.807) is 0 Å². The van der Waals surface area contributed by atoms with Crippen LogP contribution in [0.1, 0.15) is 29.4 Å². The quantitative estimate of drug-likeness (QED) is 0.642. The Labute approximate surface area is 124 Å². The Balaban J connectivity index is 2.08. The van der Waals surface area contributed by atoms with E-state index in [9.17, 15) is 4.79 Å². The van der Waals surface area contributed by atoms with Crippen molar-refractivity contribution in [3.63, 3.8) is 0 Å². The Morgan fingerprint density at radius 1 is 1.00 bits per heavy atom. The van der Waals surface area contributed by atoms with Gasteiger partial charge in [0.15, 0.2) is 5.78 Å². The first kappa shape index (κ1) is 13.5. The van der Waals surface area contributed by atoms with Gasteiger partial charge in [-0.25, -0.2) is 0 Å². The van der Waals surface area contributed by atoms with Gasteiger partial charge in [0.25, 0.3) is 0 Å². The van der Waals surface area contributed by atoms with Crippen molar-refractivity contribution < 1.29 is 4.79 Å². The van der Waals surface area contributed by atoms with Crippen LogP contribution in [0.4, 0.5) is 0 Å². The lowest BCUT2D eigenvalue weighted by atomic mass is 9.99. The molecule has 0 saturated heterocycles. The number of rotatable bonds is 3. The number of hydrogen-bond acceptors (Lipinski definition) is 2. The molecule has 0 fully saturated rings. The Morgan fingerprint density at radius 2 is 1.81 bits per heavy atom. The van der Waals surface area contributed by atoms with Crippen LogP contribution < -0.4 is 0 Å². The molecule has 2 aromatic carbocycles. The zero-order chi connectivity index (χ0) is 14.8. The van der Waals surface area contributed by atoms with Crippen LogP contribution in [-0.4, -0.2) is 10.8 Å². The number of Topliss-reactive ketones (excluding diaryl/α,β-unsaturated/α-hetero) is 1. The summed E-state index contributed by atoms with van der Waals surface area (Å²) in [6.45, 7) is 3.88. The van der Waals surface area contributed by atoms with Gasteiger partial charge in [-0.3, -0.25) is 9.78 Å². The molecule has 104 valence electrons. The highest BCUT2D eigenvalue weighted by atomic mass is 16.1. The van der Waals surface area contributed by atoms with E-state index in [1.165, 1.54) is 0 Å². The van der Waals surface area contributed by atoms with Gasteiger partial charge >= 0.3 is 0 Å². The van der Waals surface area contributed by atoms with Crippen LogP contribution >= 0.6 is 0 Å². The molecule has 0 atom stereocenters. The highest BCUT2D eigenvalue weighted by Crippen LogP contribution is 2.25. The fraction of sp³-hybridized carbons (Fsp3) is 0.158. The van der Waals surface area contributed by atoms with Gasteiger partial charge in [-0.2, -0.15) is 0 Å². The van der Waals surface area contributed by atoms with Crippen LogP contribution in [0.2, 0.25) is 0 Å². The number of pyridine rings is 1. The van der Waals surface area contributed by atoms with E-state index >= 15 is 0 Å². The van der Waals surface area contributed by atoms with Crippen molar-refractivity contribution in [2.24, 2.45) is 0 Å². The maximum atomic E-state index is 11.8. The first-order valence-corrected chi connectivity index (χ1v) is 7.18. The molecule has 0 N–H and O–H groups in total. The molecule has 0 aliphatic rings. The summed E-state index contributed by atoms with van der Waals surface area (Å²) >= 11 is 0. The van der Waals surface area contributed by atoms with E-state index in [2.05, 4.69) is 23.2 Å². The second kappa shape index (κ2) is 5.49. The van der Waals surface area contributed by atoms with Gasteiger partial charge in [0.05, 0.1) is 5.52 Å². The van der Waals surface area contributed by atoms with E-state index in [1.807, 2.05) is 50.2 Å². The maximum absolute atomic E-state index is 11.8. The van der Waals surface area contributed by atoms with Crippen molar-refractivity contribution >= 4 is 16.7 Å². The average molecular weight is 275 g/mol. The van der Waals surface area contributed by atoms with Gasteiger partial charge in [0.2, 0.25) is 0 Å². The largest absolute Gasteiger partial charge is 0.294 e. The van der Waals surface area contributed by atoms with Crippen LogP contribution in [0, 0.1) is 6.92 Å². The van der Waals surface area contributed by atoms with Gasteiger partial charge in [-0.1, -0.05) is 37.3 Å². The van der Waals surface area contributed by atoms with Crippen molar-refractivity contribution in [2.45, 2.75) is 20.3 Å².